The van der Waals surface area contributed by atoms with Gasteiger partial charge >= 0.3 is 0 Å². The SMILES string of the molecule is COCCN(c1cc(C#N)ccc1[C@H](C)O)C1CC1. The minimum absolute atomic E-state index is 0.515. The van der Waals surface area contributed by atoms with E-state index in [-0.39, 0.29) is 0 Å². The first kappa shape index (κ1) is 13.9. The number of nitriles is 1. The van der Waals surface area contributed by atoms with Crippen molar-refractivity contribution < 1.29 is 9.84 Å². The zero-order valence-corrected chi connectivity index (χ0v) is 11.5. The van der Waals surface area contributed by atoms with Gasteiger partial charge in [0.05, 0.1) is 24.3 Å². The molecule has 0 saturated heterocycles. The van der Waals surface area contributed by atoms with Gasteiger partial charge < -0.3 is 14.7 Å². The van der Waals surface area contributed by atoms with Crippen molar-refractivity contribution in [2.75, 3.05) is 25.2 Å². The summed E-state index contributed by atoms with van der Waals surface area (Å²) >= 11 is 0. The van der Waals surface area contributed by atoms with Crippen molar-refractivity contribution in [3.8, 4) is 6.07 Å². The normalized spacial score (nSPS) is 15.9. The van der Waals surface area contributed by atoms with E-state index in [2.05, 4.69) is 11.0 Å². The third-order valence-corrected chi connectivity index (χ3v) is 3.44. The molecule has 1 aliphatic rings. The lowest BCUT2D eigenvalue weighted by Crippen LogP contribution is -2.30. The van der Waals surface area contributed by atoms with Gasteiger partial charge in [-0.1, -0.05) is 6.07 Å². The van der Waals surface area contributed by atoms with Gasteiger partial charge in [0.1, 0.15) is 0 Å². The van der Waals surface area contributed by atoms with E-state index in [1.54, 1.807) is 20.1 Å². The lowest BCUT2D eigenvalue weighted by molar-refractivity contribution is 0.197. The minimum Gasteiger partial charge on any atom is -0.389 e. The molecule has 1 aromatic rings. The first-order valence-corrected chi connectivity index (χ1v) is 6.65. The van der Waals surface area contributed by atoms with E-state index in [9.17, 15) is 5.11 Å². The topological polar surface area (TPSA) is 56.5 Å². The van der Waals surface area contributed by atoms with Gasteiger partial charge in [-0.25, -0.2) is 0 Å². The smallest absolute Gasteiger partial charge is 0.0992 e. The maximum atomic E-state index is 9.90. The fraction of sp³-hybridized carbons (Fsp3) is 0.533. The molecule has 1 N–H and O–H groups in total. The maximum Gasteiger partial charge on any atom is 0.0992 e. The second-order valence-electron chi connectivity index (χ2n) is 4.98. The molecular weight excluding hydrogens is 240 g/mol. The molecule has 1 aromatic carbocycles. The van der Waals surface area contributed by atoms with Gasteiger partial charge in [-0.3, -0.25) is 0 Å². The van der Waals surface area contributed by atoms with E-state index >= 15 is 0 Å². The summed E-state index contributed by atoms with van der Waals surface area (Å²) in [5, 5.41) is 19.0. The molecule has 1 fully saturated rings. The molecule has 1 atom stereocenters. The average Bonchev–Trinajstić information content (AvgIpc) is 3.23. The number of benzene rings is 1. The highest BCUT2D eigenvalue weighted by Crippen LogP contribution is 2.36. The largest absolute Gasteiger partial charge is 0.389 e. The van der Waals surface area contributed by atoms with Crippen molar-refractivity contribution in [2.24, 2.45) is 0 Å². The quantitative estimate of drug-likeness (QED) is 0.852. The van der Waals surface area contributed by atoms with Crippen molar-refractivity contribution in [1.82, 2.24) is 0 Å². The van der Waals surface area contributed by atoms with Crippen molar-refractivity contribution >= 4 is 5.69 Å². The molecule has 4 nitrogen and oxygen atoms in total. The zero-order chi connectivity index (χ0) is 13.8. The van der Waals surface area contributed by atoms with E-state index in [1.807, 2.05) is 12.1 Å². The van der Waals surface area contributed by atoms with E-state index in [0.717, 1.165) is 17.8 Å². The Morgan fingerprint density at radius 1 is 1.53 bits per heavy atom. The highest BCUT2D eigenvalue weighted by Gasteiger charge is 2.30. The fourth-order valence-electron chi connectivity index (χ4n) is 2.29. The van der Waals surface area contributed by atoms with Crippen LogP contribution in [-0.2, 0) is 4.74 Å². The molecule has 2 rings (SSSR count). The van der Waals surface area contributed by atoms with Crippen LogP contribution in [0.5, 0.6) is 0 Å². The lowest BCUT2D eigenvalue weighted by atomic mass is 10.0. The van der Waals surface area contributed by atoms with Crippen molar-refractivity contribution in [3.05, 3.63) is 29.3 Å². The molecule has 1 aliphatic carbocycles. The number of aliphatic hydroxyl groups excluding tert-OH is 1. The Labute approximate surface area is 114 Å². The van der Waals surface area contributed by atoms with Gasteiger partial charge in [-0.05, 0) is 31.9 Å². The molecule has 1 saturated carbocycles. The van der Waals surface area contributed by atoms with Crippen LogP contribution in [0, 0.1) is 11.3 Å². The molecule has 0 bridgehead atoms. The molecule has 0 aromatic heterocycles. The van der Waals surface area contributed by atoms with Gasteiger partial charge in [0.2, 0.25) is 0 Å². The molecule has 0 unspecified atom stereocenters. The summed E-state index contributed by atoms with van der Waals surface area (Å²) in [5.74, 6) is 0. The molecule has 0 heterocycles. The van der Waals surface area contributed by atoms with E-state index in [1.165, 1.54) is 12.8 Å². The monoisotopic (exact) mass is 260 g/mol. The Balaban J connectivity index is 2.35. The molecule has 4 heteroatoms. The molecule has 0 radical (unpaired) electrons. The molecule has 0 amide bonds. The van der Waals surface area contributed by atoms with Crippen LogP contribution in [0.2, 0.25) is 0 Å². The summed E-state index contributed by atoms with van der Waals surface area (Å²) in [6, 6.07) is 8.16. The van der Waals surface area contributed by atoms with Crippen molar-refractivity contribution in [1.29, 1.82) is 5.26 Å². The number of ether oxygens (including phenoxy) is 1. The minimum atomic E-state index is -0.536. The first-order valence-electron chi connectivity index (χ1n) is 6.65. The number of methoxy groups -OCH3 is 1. The summed E-state index contributed by atoms with van der Waals surface area (Å²) in [5.41, 5.74) is 2.47. The Kier molecular flexibility index (Phi) is 4.41. The summed E-state index contributed by atoms with van der Waals surface area (Å²) in [4.78, 5) is 2.26. The average molecular weight is 260 g/mol. The van der Waals surface area contributed by atoms with Gasteiger partial charge in [-0.15, -0.1) is 0 Å². The fourth-order valence-corrected chi connectivity index (χ4v) is 2.29. The molecule has 19 heavy (non-hydrogen) atoms. The van der Waals surface area contributed by atoms with Crippen LogP contribution in [0.1, 0.15) is 37.0 Å². The number of hydrogen-bond donors (Lipinski definition) is 1. The third-order valence-electron chi connectivity index (χ3n) is 3.44. The highest BCUT2D eigenvalue weighted by molar-refractivity contribution is 5.59. The Bertz CT molecular complexity index is 476. The second-order valence-corrected chi connectivity index (χ2v) is 4.98. The number of rotatable bonds is 6. The van der Waals surface area contributed by atoms with Crippen LogP contribution in [0.4, 0.5) is 5.69 Å². The third kappa shape index (κ3) is 3.25. The summed E-state index contributed by atoms with van der Waals surface area (Å²) < 4.78 is 5.16. The summed E-state index contributed by atoms with van der Waals surface area (Å²) in [7, 11) is 1.69. The highest BCUT2D eigenvalue weighted by atomic mass is 16.5. The predicted molar refractivity (Wildman–Crippen MR) is 74.0 cm³/mol. The van der Waals surface area contributed by atoms with Crippen LogP contribution in [0.15, 0.2) is 18.2 Å². The van der Waals surface area contributed by atoms with Gasteiger partial charge in [0.15, 0.2) is 0 Å². The molecule has 102 valence electrons. The van der Waals surface area contributed by atoms with Gasteiger partial charge in [0, 0.05) is 30.9 Å². The van der Waals surface area contributed by atoms with Gasteiger partial charge in [-0.2, -0.15) is 5.26 Å². The van der Waals surface area contributed by atoms with Crippen LogP contribution >= 0.6 is 0 Å². The number of hydrogen-bond acceptors (Lipinski definition) is 4. The van der Waals surface area contributed by atoms with Crippen LogP contribution in [0.25, 0.3) is 0 Å². The number of nitrogens with zero attached hydrogens (tertiary/aromatic N) is 2. The van der Waals surface area contributed by atoms with Crippen LogP contribution < -0.4 is 4.90 Å². The first-order chi connectivity index (χ1) is 9.17. The second kappa shape index (κ2) is 6.05. The van der Waals surface area contributed by atoms with E-state index in [4.69, 9.17) is 10.00 Å². The Morgan fingerprint density at radius 2 is 2.26 bits per heavy atom. The molecule has 0 aliphatic heterocycles. The van der Waals surface area contributed by atoms with Gasteiger partial charge in [0.25, 0.3) is 0 Å². The zero-order valence-electron chi connectivity index (χ0n) is 11.5. The number of aliphatic hydroxyl groups is 1. The number of anilines is 1. The Morgan fingerprint density at radius 3 is 2.79 bits per heavy atom. The van der Waals surface area contributed by atoms with E-state index in [0.29, 0.717) is 18.2 Å². The van der Waals surface area contributed by atoms with Crippen LogP contribution in [0.3, 0.4) is 0 Å². The summed E-state index contributed by atoms with van der Waals surface area (Å²) in [6.07, 6.45) is 1.80. The predicted octanol–water partition coefficient (Wildman–Crippen LogP) is 2.23. The summed E-state index contributed by atoms with van der Waals surface area (Å²) in [6.45, 7) is 3.19. The maximum absolute atomic E-state index is 9.90. The van der Waals surface area contributed by atoms with Crippen LogP contribution in [-0.4, -0.2) is 31.4 Å². The molecular formula is C15H20N2O2. The van der Waals surface area contributed by atoms with Crippen molar-refractivity contribution in [2.45, 2.75) is 31.9 Å². The van der Waals surface area contributed by atoms with E-state index < -0.39 is 6.10 Å². The standard InChI is InChI=1S/C15H20N2O2/c1-11(18)14-6-3-12(10-16)9-15(14)17(7-8-19-2)13-4-5-13/h3,6,9,11,13,18H,4-5,7-8H2,1-2H3/t11-/m0/s1. The Hall–Kier alpha value is -1.57. The lowest BCUT2D eigenvalue weighted by Gasteiger charge is -2.28. The van der Waals surface area contributed by atoms with Crippen molar-refractivity contribution in [3.63, 3.8) is 0 Å². The molecule has 0 spiro atoms.